The maximum Gasteiger partial charge on any atom is 0.243 e. The fourth-order valence-electron chi connectivity index (χ4n) is 3.23. The van der Waals surface area contributed by atoms with Gasteiger partial charge in [-0.2, -0.15) is 4.31 Å². The average Bonchev–Trinajstić information content (AvgIpc) is 2.82. The number of nitrogens with one attached hydrogen (secondary N) is 1. The molecule has 0 radical (unpaired) electrons. The van der Waals surface area contributed by atoms with E-state index in [1.807, 2.05) is 44.2 Å². The molecule has 6 nitrogen and oxygen atoms in total. The van der Waals surface area contributed by atoms with Crippen molar-refractivity contribution in [2.75, 3.05) is 0 Å². The Morgan fingerprint density at radius 2 is 1.39 bits per heavy atom. The minimum Gasteiger partial charge on any atom is -0.207 e. The lowest BCUT2D eigenvalue weighted by atomic mass is 10.2. The fourth-order valence-corrected chi connectivity index (χ4v) is 6.07. The lowest BCUT2D eigenvalue weighted by Crippen LogP contribution is -2.37. The van der Waals surface area contributed by atoms with Crippen LogP contribution in [-0.2, 0) is 33.1 Å². The van der Waals surface area contributed by atoms with E-state index in [9.17, 15) is 16.8 Å². The van der Waals surface area contributed by atoms with Gasteiger partial charge in [0, 0.05) is 24.2 Å². The van der Waals surface area contributed by atoms with Gasteiger partial charge in [-0.15, -0.1) is 0 Å². The molecule has 0 bridgehead atoms. The summed E-state index contributed by atoms with van der Waals surface area (Å²) in [4.78, 5) is 0.0453. The number of halogens is 1. The van der Waals surface area contributed by atoms with Crippen LogP contribution in [0.15, 0.2) is 88.7 Å². The van der Waals surface area contributed by atoms with Crippen LogP contribution >= 0.6 is 11.6 Å². The average molecular weight is 507 g/mol. The number of sulfonamides is 2. The van der Waals surface area contributed by atoms with Crippen LogP contribution in [0.5, 0.6) is 0 Å². The van der Waals surface area contributed by atoms with Crippen LogP contribution in [0.3, 0.4) is 0 Å². The predicted molar refractivity (Wildman–Crippen MR) is 131 cm³/mol. The van der Waals surface area contributed by atoms with Crippen molar-refractivity contribution in [3.8, 4) is 0 Å². The standard InChI is InChI=1S/C24H27ClN2O4S2/c1-3-19(2)27(18-21-9-11-22(25)12-10-21)33(30,31)24-15-13-23(14-16-24)32(28,29)26-17-20-7-5-4-6-8-20/h4-16,19,26H,3,17-18H2,1-2H3/t19-/m0/s1. The summed E-state index contributed by atoms with van der Waals surface area (Å²) in [7, 11) is -7.64. The summed E-state index contributed by atoms with van der Waals surface area (Å²) in [5.74, 6) is 0. The van der Waals surface area contributed by atoms with Crippen molar-refractivity contribution in [3.63, 3.8) is 0 Å². The molecule has 3 aromatic carbocycles. The molecule has 176 valence electrons. The summed E-state index contributed by atoms with van der Waals surface area (Å²) in [6, 6.07) is 21.2. The summed E-state index contributed by atoms with van der Waals surface area (Å²) < 4.78 is 56.1. The van der Waals surface area contributed by atoms with Crippen LogP contribution in [0, 0.1) is 0 Å². The molecule has 3 aromatic rings. The molecule has 0 spiro atoms. The van der Waals surface area contributed by atoms with Crippen molar-refractivity contribution in [2.24, 2.45) is 0 Å². The zero-order valence-electron chi connectivity index (χ0n) is 18.5. The smallest absolute Gasteiger partial charge is 0.207 e. The van der Waals surface area contributed by atoms with Gasteiger partial charge in [0.05, 0.1) is 9.79 Å². The summed E-state index contributed by atoms with van der Waals surface area (Å²) in [6.07, 6.45) is 0.628. The second kappa shape index (κ2) is 10.8. The molecule has 0 aliphatic rings. The van der Waals surface area contributed by atoms with E-state index in [-0.39, 0.29) is 28.9 Å². The molecular weight excluding hydrogens is 480 g/mol. The van der Waals surface area contributed by atoms with Crippen molar-refractivity contribution in [1.29, 1.82) is 0 Å². The second-order valence-electron chi connectivity index (χ2n) is 7.72. The quantitative estimate of drug-likeness (QED) is 0.428. The van der Waals surface area contributed by atoms with Gasteiger partial charge in [-0.05, 0) is 60.9 Å². The second-order valence-corrected chi connectivity index (χ2v) is 11.8. The van der Waals surface area contributed by atoms with Gasteiger partial charge in [0.2, 0.25) is 20.0 Å². The Labute approximate surface area is 201 Å². The highest BCUT2D eigenvalue weighted by molar-refractivity contribution is 7.89. The number of benzene rings is 3. The van der Waals surface area contributed by atoms with Gasteiger partial charge in [0.1, 0.15) is 0 Å². The zero-order chi connectivity index (χ0) is 24.1. The predicted octanol–water partition coefficient (Wildman–Crippen LogP) is 4.81. The van der Waals surface area contributed by atoms with Gasteiger partial charge in [-0.1, -0.05) is 61.0 Å². The summed E-state index contributed by atoms with van der Waals surface area (Å²) >= 11 is 5.95. The van der Waals surface area contributed by atoms with E-state index in [4.69, 9.17) is 11.6 Å². The van der Waals surface area contributed by atoms with E-state index in [0.717, 1.165) is 11.1 Å². The summed E-state index contributed by atoms with van der Waals surface area (Å²) in [5, 5.41) is 0.578. The Morgan fingerprint density at radius 3 is 1.97 bits per heavy atom. The van der Waals surface area contributed by atoms with E-state index >= 15 is 0 Å². The first kappa shape index (κ1) is 25.4. The topological polar surface area (TPSA) is 83.6 Å². The maximum absolute atomic E-state index is 13.4. The monoisotopic (exact) mass is 506 g/mol. The van der Waals surface area contributed by atoms with Crippen molar-refractivity contribution in [2.45, 2.75) is 49.2 Å². The first-order chi connectivity index (χ1) is 15.6. The molecule has 3 rings (SSSR count). The molecule has 0 amide bonds. The van der Waals surface area contributed by atoms with E-state index in [1.54, 1.807) is 24.3 Å². The third kappa shape index (κ3) is 6.43. The van der Waals surface area contributed by atoms with Crippen LogP contribution in [0.4, 0.5) is 0 Å². The molecule has 0 heterocycles. The van der Waals surface area contributed by atoms with Crippen molar-refractivity contribution in [3.05, 3.63) is 95.0 Å². The largest absolute Gasteiger partial charge is 0.243 e. The number of hydrogen-bond acceptors (Lipinski definition) is 4. The Bertz CT molecular complexity index is 1260. The summed E-state index contributed by atoms with van der Waals surface area (Å²) in [6.45, 7) is 4.10. The molecular formula is C24H27ClN2O4S2. The number of nitrogens with zero attached hydrogens (tertiary/aromatic N) is 1. The number of rotatable bonds is 10. The zero-order valence-corrected chi connectivity index (χ0v) is 20.9. The van der Waals surface area contributed by atoms with Crippen molar-refractivity contribution >= 4 is 31.6 Å². The van der Waals surface area contributed by atoms with Gasteiger partial charge in [-0.3, -0.25) is 0 Å². The van der Waals surface area contributed by atoms with Gasteiger partial charge in [0.25, 0.3) is 0 Å². The minimum atomic E-state index is -3.85. The molecule has 9 heteroatoms. The third-order valence-electron chi connectivity index (χ3n) is 5.38. The van der Waals surface area contributed by atoms with Crippen LogP contribution in [-0.4, -0.2) is 27.2 Å². The normalized spacial score (nSPS) is 13.2. The van der Waals surface area contributed by atoms with Gasteiger partial charge < -0.3 is 0 Å². The Kier molecular flexibility index (Phi) is 8.31. The van der Waals surface area contributed by atoms with E-state index in [2.05, 4.69) is 4.72 Å². The van der Waals surface area contributed by atoms with Gasteiger partial charge >= 0.3 is 0 Å². The lowest BCUT2D eigenvalue weighted by Gasteiger charge is -2.28. The molecule has 0 saturated heterocycles. The first-order valence-electron chi connectivity index (χ1n) is 10.5. The Morgan fingerprint density at radius 1 is 0.818 bits per heavy atom. The SMILES string of the molecule is CC[C@H](C)N(Cc1ccc(Cl)cc1)S(=O)(=O)c1ccc(S(=O)(=O)NCc2ccccc2)cc1. The summed E-state index contributed by atoms with van der Waals surface area (Å²) in [5.41, 5.74) is 1.64. The van der Waals surface area contributed by atoms with Crippen LogP contribution in [0.1, 0.15) is 31.4 Å². The molecule has 1 atom stereocenters. The lowest BCUT2D eigenvalue weighted by molar-refractivity contribution is 0.323. The van der Waals surface area contributed by atoms with Gasteiger partial charge in [-0.25, -0.2) is 21.6 Å². The Hall–Kier alpha value is -2.23. The van der Waals surface area contributed by atoms with Crippen molar-refractivity contribution in [1.82, 2.24) is 9.03 Å². The Balaban J connectivity index is 1.82. The minimum absolute atomic E-state index is 0.00479. The highest BCUT2D eigenvalue weighted by Gasteiger charge is 2.29. The van der Waals surface area contributed by atoms with E-state index < -0.39 is 20.0 Å². The molecule has 0 aromatic heterocycles. The molecule has 0 aliphatic heterocycles. The molecule has 0 saturated carbocycles. The first-order valence-corrected chi connectivity index (χ1v) is 13.8. The van der Waals surface area contributed by atoms with Gasteiger partial charge in [0.15, 0.2) is 0 Å². The fraction of sp³-hybridized carbons (Fsp3) is 0.250. The molecule has 0 unspecified atom stereocenters. The highest BCUT2D eigenvalue weighted by atomic mass is 35.5. The van der Waals surface area contributed by atoms with Crippen LogP contribution in [0.25, 0.3) is 0 Å². The van der Waals surface area contributed by atoms with Crippen LogP contribution < -0.4 is 4.72 Å². The molecule has 0 aliphatic carbocycles. The van der Waals surface area contributed by atoms with Crippen molar-refractivity contribution < 1.29 is 16.8 Å². The molecule has 1 N–H and O–H groups in total. The maximum atomic E-state index is 13.4. The highest BCUT2D eigenvalue weighted by Crippen LogP contribution is 2.24. The third-order valence-corrected chi connectivity index (χ3v) is 9.03. The molecule has 33 heavy (non-hydrogen) atoms. The van der Waals surface area contributed by atoms with E-state index in [0.29, 0.717) is 11.4 Å². The van der Waals surface area contributed by atoms with Crippen LogP contribution in [0.2, 0.25) is 5.02 Å². The molecule has 0 fully saturated rings. The van der Waals surface area contributed by atoms with E-state index in [1.165, 1.54) is 28.6 Å². The number of hydrogen-bond donors (Lipinski definition) is 1.